The molecule has 224 valence electrons. The van der Waals surface area contributed by atoms with Crippen LogP contribution in [-0.2, 0) is 20.6 Å². The van der Waals surface area contributed by atoms with Crippen LogP contribution in [0.3, 0.4) is 0 Å². The maximum Gasteiger partial charge on any atom is 0.192 e. The fourth-order valence-electron chi connectivity index (χ4n) is 7.42. The lowest BCUT2D eigenvalue weighted by molar-refractivity contribution is -0.180. The summed E-state index contributed by atoms with van der Waals surface area (Å²) in [6, 6.07) is 7.74. The van der Waals surface area contributed by atoms with E-state index in [0.29, 0.717) is 19.4 Å². The molecule has 0 saturated heterocycles. The van der Waals surface area contributed by atoms with Gasteiger partial charge in [-0.05, 0) is 73.3 Å². The zero-order valence-electron chi connectivity index (χ0n) is 26.2. The molecule has 3 fully saturated rings. The number of allylic oxidation sites excluding steroid dienone is 1. The molecule has 1 aromatic rings. The monoisotopic (exact) mass is 572 g/mol. The normalized spacial score (nSPS) is 36.4. The Labute approximate surface area is 242 Å². The second-order valence-electron chi connectivity index (χ2n) is 14.9. The highest BCUT2D eigenvalue weighted by molar-refractivity contribution is 6.74. The largest absolute Gasteiger partial charge is 0.497 e. The van der Waals surface area contributed by atoms with Crippen molar-refractivity contribution in [1.29, 1.82) is 0 Å². The van der Waals surface area contributed by atoms with Crippen LogP contribution in [0, 0.1) is 22.7 Å². The molecule has 7 heteroatoms. The average Bonchev–Trinajstić information content (AvgIpc) is 3.12. The van der Waals surface area contributed by atoms with Crippen molar-refractivity contribution in [2.45, 2.75) is 122 Å². The molecule has 1 aromatic carbocycles. The Morgan fingerprint density at radius 3 is 2.30 bits per heavy atom. The second-order valence-corrected chi connectivity index (χ2v) is 19.7. The van der Waals surface area contributed by atoms with E-state index in [4.69, 9.17) is 13.9 Å². The zero-order chi connectivity index (χ0) is 29.9. The first-order chi connectivity index (χ1) is 18.4. The lowest BCUT2D eigenvalue weighted by Crippen LogP contribution is -2.61. The number of aliphatic hydroxyl groups excluding tert-OH is 1. The Hall–Kier alpha value is -1.51. The number of Topliss-reactive ketones (excluding diaryl/α,β-unsaturated/α-hetero) is 1. The van der Waals surface area contributed by atoms with Gasteiger partial charge in [0.15, 0.2) is 14.1 Å². The predicted octanol–water partition coefficient (Wildman–Crippen LogP) is 6.44. The summed E-state index contributed by atoms with van der Waals surface area (Å²) in [7, 11) is -0.575. The number of benzene rings is 1. The van der Waals surface area contributed by atoms with Gasteiger partial charge in [-0.2, -0.15) is 0 Å². The molecule has 0 heterocycles. The van der Waals surface area contributed by atoms with Crippen LogP contribution in [0.2, 0.25) is 18.1 Å². The number of methoxy groups -OCH3 is 1. The summed E-state index contributed by atoms with van der Waals surface area (Å²) in [6.07, 6.45) is 0.846. The standard InChI is InChI=1S/C33H52O6Si/c1-21-11-16-27(39-40(9,10)30(2,3)4)32(7)25(21)19-26(34)33(36)18-17-24(31(33,5)6)28(29(32)35)38-20-22-12-14-23(37-8)15-13-22/h12-15,24-25,27-29,35-36H,1,11,16-20H2,2-10H3/t24-,25-,27+,28-,29+,32+,33-/m1/s1. The van der Waals surface area contributed by atoms with Crippen molar-refractivity contribution < 1.29 is 28.9 Å². The maximum absolute atomic E-state index is 14.0. The zero-order valence-corrected chi connectivity index (χ0v) is 27.2. The highest BCUT2D eigenvalue weighted by atomic mass is 28.4. The van der Waals surface area contributed by atoms with E-state index in [1.165, 1.54) is 0 Å². The summed E-state index contributed by atoms with van der Waals surface area (Å²) < 4.78 is 19.1. The number of hydrogen-bond acceptors (Lipinski definition) is 6. The first-order valence-electron chi connectivity index (χ1n) is 14.9. The molecular weight excluding hydrogens is 520 g/mol. The van der Waals surface area contributed by atoms with Gasteiger partial charge in [-0.25, -0.2) is 0 Å². The van der Waals surface area contributed by atoms with Gasteiger partial charge in [0.25, 0.3) is 0 Å². The minimum absolute atomic E-state index is 0.00687. The number of carbonyl (C=O) groups is 1. The van der Waals surface area contributed by atoms with E-state index in [-0.39, 0.29) is 35.2 Å². The molecule has 0 amide bonds. The van der Waals surface area contributed by atoms with Crippen molar-refractivity contribution in [2.75, 3.05) is 7.11 Å². The molecule has 2 N–H and O–H groups in total. The van der Waals surface area contributed by atoms with Gasteiger partial charge in [-0.1, -0.05) is 65.8 Å². The van der Waals surface area contributed by atoms with Gasteiger partial charge >= 0.3 is 0 Å². The predicted molar refractivity (Wildman–Crippen MR) is 161 cm³/mol. The van der Waals surface area contributed by atoms with Crippen molar-refractivity contribution in [2.24, 2.45) is 22.7 Å². The van der Waals surface area contributed by atoms with Crippen LogP contribution >= 0.6 is 0 Å². The molecule has 3 aliphatic carbocycles. The van der Waals surface area contributed by atoms with E-state index >= 15 is 0 Å². The Morgan fingerprint density at radius 2 is 1.73 bits per heavy atom. The van der Waals surface area contributed by atoms with Crippen LogP contribution in [0.4, 0.5) is 0 Å². The fourth-order valence-corrected chi connectivity index (χ4v) is 8.86. The van der Waals surface area contributed by atoms with Crippen molar-refractivity contribution in [3.63, 3.8) is 0 Å². The second kappa shape index (κ2) is 10.6. The van der Waals surface area contributed by atoms with E-state index in [1.54, 1.807) is 7.11 Å². The van der Waals surface area contributed by atoms with E-state index in [2.05, 4.69) is 47.4 Å². The van der Waals surface area contributed by atoms with Crippen LogP contribution in [-0.4, -0.2) is 55.3 Å². The molecule has 40 heavy (non-hydrogen) atoms. The fraction of sp³-hybridized carbons (Fsp3) is 0.727. The molecule has 7 atom stereocenters. The van der Waals surface area contributed by atoms with Crippen LogP contribution < -0.4 is 4.74 Å². The third kappa shape index (κ3) is 5.04. The van der Waals surface area contributed by atoms with Gasteiger partial charge < -0.3 is 24.1 Å². The molecule has 4 rings (SSSR count). The number of rotatable bonds is 6. The molecular formula is C33H52O6Si. The highest BCUT2D eigenvalue weighted by Crippen LogP contribution is 2.60. The number of ether oxygens (including phenoxy) is 2. The van der Waals surface area contributed by atoms with Crippen molar-refractivity contribution in [1.82, 2.24) is 0 Å². The first-order valence-corrected chi connectivity index (χ1v) is 17.8. The van der Waals surface area contributed by atoms with Gasteiger partial charge in [-0.3, -0.25) is 4.79 Å². The first kappa shape index (κ1) is 31.4. The number of fused-ring (bicyclic) bond motifs is 3. The summed E-state index contributed by atoms with van der Waals surface area (Å²) in [6.45, 7) is 21.9. The van der Waals surface area contributed by atoms with Crippen molar-refractivity contribution in [3.8, 4) is 5.75 Å². The van der Waals surface area contributed by atoms with Crippen molar-refractivity contribution in [3.05, 3.63) is 42.0 Å². The molecule has 6 nitrogen and oxygen atoms in total. The molecule has 0 aliphatic heterocycles. The summed E-state index contributed by atoms with van der Waals surface area (Å²) in [4.78, 5) is 14.0. The van der Waals surface area contributed by atoms with Crippen LogP contribution in [0.1, 0.15) is 79.2 Å². The van der Waals surface area contributed by atoms with E-state index in [0.717, 1.165) is 29.7 Å². The quantitative estimate of drug-likeness (QED) is 0.301. The molecule has 0 aromatic heterocycles. The van der Waals surface area contributed by atoms with Gasteiger partial charge in [0, 0.05) is 17.3 Å². The van der Waals surface area contributed by atoms with Crippen LogP contribution in [0.25, 0.3) is 0 Å². The minimum atomic E-state index is -2.22. The summed E-state index contributed by atoms with van der Waals surface area (Å²) >= 11 is 0. The number of hydrogen-bond donors (Lipinski definition) is 2. The van der Waals surface area contributed by atoms with E-state index in [9.17, 15) is 15.0 Å². The molecule has 3 aliphatic rings. The molecule has 0 spiro atoms. The smallest absolute Gasteiger partial charge is 0.192 e. The van der Waals surface area contributed by atoms with E-state index < -0.39 is 37.0 Å². The van der Waals surface area contributed by atoms with Gasteiger partial charge in [0.2, 0.25) is 0 Å². The Balaban J connectivity index is 1.80. The average molecular weight is 573 g/mol. The molecule has 0 radical (unpaired) electrons. The number of ketones is 1. The molecule has 2 bridgehead atoms. The SMILES string of the molecule is C=C1CC[C@H](O[Si](C)(C)C(C)(C)C)[C@]2(C)[C@@H]1CC(=O)[C@]1(O)CC[C@H]([C@@H](OCc3ccc(OC)cc3)[C@@H]2O)C1(C)C. The Kier molecular flexibility index (Phi) is 8.36. The van der Waals surface area contributed by atoms with Crippen molar-refractivity contribution >= 4 is 14.1 Å². The lowest BCUT2D eigenvalue weighted by atomic mass is 9.58. The lowest BCUT2D eigenvalue weighted by Gasteiger charge is -2.55. The van der Waals surface area contributed by atoms with Crippen LogP contribution in [0.5, 0.6) is 5.75 Å². The summed E-state index contributed by atoms with van der Waals surface area (Å²) in [5, 5.41) is 24.5. The maximum atomic E-state index is 14.0. The number of aliphatic hydroxyl groups is 2. The Morgan fingerprint density at radius 1 is 1.10 bits per heavy atom. The third-order valence-electron chi connectivity index (χ3n) is 11.5. The number of carbonyl (C=O) groups excluding carboxylic acids is 1. The van der Waals surface area contributed by atoms with Gasteiger partial charge in [-0.15, -0.1) is 0 Å². The topological polar surface area (TPSA) is 85.2 Å². The van der Waals surface area contributed by atoms with Gasteiger partial charge in [0.1, 0.15) is 11.4 Å². The highest BCUT2D eigenvalue weighted by Gasteiger charge is 2.66. The third-order valence-corrected chi connectivity index (χ3v) is 16.0. The van der Waals surface area contributed by atoms with Gasteiger partial charge in [0.05, 0.1) is 32.0 Å². The Bertz CT molecular complexity index is 1100. The van der Waals surface area contributed by atoms with E-state index in [1.807, 2.05) is 38.1 Å². The molecule has 3 saturated carbocycles. The molecule has 0 unspecified atom stereocenters. The summed E-state index contributed by atoms with van der Waals surface area (Å²) in [5.74, 6) is 0.0977. The van der Waals surface area contributed by atoms with Crippen LogP contribution in [0.15, 0.2) is 36.4 Å². The summed E-state index contributed by atoms with van der Waals surface area (Å²) in [5.41, 5.74) is -1.12. The minimum Gasteiger partial charge on any atom is -0.497 e.